The van der Waals surface area contributed by atoms with Gasteiger partial charge in [-0.1, -0.05) is 32.8 Å². The van der Waals surface area contributed by atoms with Crippen molar-refractivity contribution in [3.8, 4) is 0 Å². The van der Waals surface area contributed by atoms with Crippen molar-refractivity contribution in [1.82, 2.24) is 20.6 Å². The van der Waals surface area contributed by atoms with Gasteiger partial charge in [0, 0.05) is 12.0 Å². The van der Waals surface area contributed by atoms with Gasteiger partial charge in [-0.05, 0) is 37.1 Å². The molecule has 0 bridgehead atoms. The Hall–Kier alpha value is -2.25. The van der Waals surface area contributed by atoms with Gasteiger partial charge in [-0.2, -0.15) is 0 Å². The van der Waals surface area contributed by atoms with Gasteiger partial charge in [-0.15, -0.1) is 5.10 Å². The maximum atomic E-state index is 12.0. The Morgan fingerprint density at radius 2 is 1.92 bits per heavy atom. The molecule has 0 radical (unpaired) electrons. The highest BCUT2D eigenvalue weighted by Gasteiger charge is 2.19. The van der Waals surface area contributed by atoms with Gasteiger partial charge < -0.3 is 9.47 Å². The first-order valence-corrected chi connectivity index (χ1v) is 8.73. The van der Waals surface area contributed by atoms with E-state index in [0.29, 0.717) is 12.2 Å². The fourth-order valence-corrected chi connectivity index (χ4v) is 2.28. The van der Waals surface area contributed by atoms with Crippen molar-refractivity contribution in [3.63, 3.8) is 0 Å². The molecule has 1 heterocycles. The van der Waals surface area contributed by atoms with Gasteiger partial charge in [-0.25, -0.2) is 9.89 Å². The fraction of sp³-hybridized carbons (Fsp3) is 0.706. The summed E-state index contributed by atoms with van der Waals surface area (Å²) in [5.74, 6) is -0.563. The molecule has 1 aromatic rings. The van der Waals surface area contributed by atoms with Crippen LogP contribution in [0.25, 0.3) is 0 Å². The highest BCUT2D eigenvalue weighted by atomic mass is 16.5. The summed E-state index contributed by atoms with van der Waals surface area (Å²) in [6.07, 6.45) is 4.92. The van der Waals surface area contributed by atoms with Crippen molar-refractivity contribution < 1.29 is 19.1 Å². The molecule has 8 nitrogen and oxygen atoms in total. The molecular formula is C17H28N4O4. The first kappa shape index (κ1) is 20.8. The van der Waals surface area contributed by atoms with Crippen LogP contribution >= 0.6 is 0 Å². The van der Waals surface area contributed by atoms with E-state index in [1.165, 1.54) is 12.8 Å². The zero-order chi connectivity index (χ0) is 18.7. The zero-order valence-corrected chi connectivity index (χ0v) is 15.3. The van der Waals surface area contributed by atoms with Crippen LogP contribution in [0.4, 0.5) is 0 Å². The number of nitrogens with one attached hydrogen (secondary N) is 1. The second-order valence-corrected chi connectivity index (χ2v) is 6.20. The Morgan fingerprint density at radius 3 is 2.56 bits per heavy atom. The van der Waals surface area contributed by atoms with Crippen LogP contribution in [-0.2, 0) is 25.5 Å². The summed E-state index contributed by atoms with van der Waals surface area (Å²) in [7, 11) is 0. The molecule has 0 amide bonds. The highest BCUT2D eigenvalue weighted by Crippen LogP contribution is 2.11. The average Bonchev–Trinajstić information content (AvgIpc) is 3.04. The number of tetrazole rings is 1. The fourth-order valence-electron chi connectivity index (χ4n) is 2.28. The summed E-state index contributed by atoms with van der Waals surface area (Å²) in [5, 5.41) is 13.2. The number of ether oxygens (including phenoxy) is 2. The number of hydrogen-bond acceptors (Lipinski definition) is 7. The number of carbonyl (C=O) groups excluding carboxylic acids is 2. The third-order valence-electron chi connectivity index (χ3n) is 3.62. The molecule has 140 valence electrons. The molecule has 0 fully saturated rings. The molecule has 8 heteroatoms. The summed E-state index contributed by atoms with van der Waals surface area (Å²) in [6, 6.07) is 0. The molecule has 0 aliphatic carbocycles. The average molecular weight is 352 g/mol. The summed E-state index contributed by atoms with van der Waals surface area (Å²) >= 11 is 0. The van der Waals surface area contributed by atoms with Crippen LogP contribution in [0.3, 0.4) is 0 Å². The predicted octanol–water partition coefficient (Wildman–Crippen LogP) is 2.52. The topological polar surface area (TPSA) is 107 Å². The number of unbranched alkanes of at least 4 members (excludes halogenated alkanes) is 3. The predicted molar refractivity (Wildman–Crippen MR) is 91.5 cm³/mol. The van der Waals surface area contributed by atoms with Gasteiger partial charge in [0.15, 0.2) is 5.82 Å². The summed E-state index contributed by atoms with van der Waals surface area (Å²) in [5.41, 5.74) is 0.0747. The lowest BCUT2D eigenvalue weighted by atomic mass is 10.1. The number of hydrogen-bond donors (Lipinski definition) is 1. The molecule has 0 spiro atoms. The van der Waals surface area contributed by atoms with E-state index in [4.69, 9.17) is 9.47 Å². The van der Waals surface area contributed by atoms with E-state index >= 15 is 0 Å². The maximum Gasteiger partial charge on any atom is 0.334 e. The molecule has 1 unspecified atom stereocenters. The van der Waals surface area contributed by atoms with Crippen LogP contribution in [0.2, 0.25) is 0 Å². The third kappa shape index (κ3) is 8.97. The monoisotopic (exact) mass is 352 g/mol. The maximum absolute atomic E-state index is 12.0. The molecule has 0 aliphatic rings. The molecule has 2 atom stereocenters. The molecule has 1 N–H and O–H groups in total. The molecular weight excluding hydrogens is 324 g/mol. The number of rotatable bonds is 12. The minimum Gasteiger partial charge on any atom is -0.462 e. The van der Waals surface area contributed by atoms with Crippen molar-refractivity contribution in [3.05, 3.63) is 18.0 Å². The van der Waals surface area contributed by atoms with Crippen LogP contribution in [-0.4, -0.2) is 44.8 Å². The highest BCUT2D eigenvalue weighted by molar-refractivity contribution is 5.93. The van der Waals surface area contributed by atoms with E-state index < -0.39 is 18.0 Å². The van der Waals surface area contributed by atoms with Gasteiger partial charge in [0.2, 0.25) is 0 Å². The quantitative estimate of drug-likeness (QED) is 0.350. The largest absolute Gasteiger partial charge is 0.462 e. The standard InChI is InChI=1S/C17H28N4O4/c1-5-6-7-8-9-13(3)24-16(22)10-12(2)17(23)25-14(4)11-15-18-20-21-19-15/h13-14H,2,5-11H2,1,3-4H3,(H,18,19,20,21)/t13-,14?/m0/s1. The number of H-pyrrole nitrogens is 1. The minimum absolute atomic E-state index is 0.0747. The van der Waals surface area contributed by atoms with Crippen LogP contribution in [0.15, 0.2) is 12.2 Å². The van der Waals surface area contributed by atoms with Crippen LogP contribution in [0.5, 0.6) is 0 Å². The number of esters is 2. The van der Waals surface area contributed by atoms with E-state index in [2.05, 4.69) is 34.1 Å². The van der Waals surface area contributed by atoms with E-state index in [-0.39, 0.29) is 18.1 Å². The van der Waals surface area contributed by atoms with Crippen LogP contribution in [0, 0.1) is 0 Å². The van der Waals surface area contributed by atoms with E-state index in [0.717, 1.165) is 19.3 Å². The summed E-state index contributed by atoms with van der Waals surface area (Å²) < 4.78 is 10.5. The Balaban J connectivity index is 2.26. The Kier molecular flexibility index (Phi) is 9.42. The smallest absolute Gasteiger partial charge is 0.334 e. The van der Waals surface area contributed by atoms with Crippen molar-refractivity contribution in [2.45, 2.75) is 77.9 Å². The normalized spacial score (nSPS) is 13.1. The molecule has 25 heavy (non-hydrogen) atoms. The Morgan fingerprint density at radius 1 is 1.16 bits per heavy atom. The van der Waals surface area contributed by atoms with Crippen molar-refractivity contribution >= 4 is 11.9 Å². The van der Waals surface area contributed by atoms with E-state index in [1.807, 2.05) is 6.92 Å². The van der Waals surface area contributed by atoms with E-state index in [1.54, 1.807) is 6.92 Å². The molecule has 1 aromatic heterocycles. The van der Waals surface area contributed by atoms with Crippen molar-refractivity contribution in [1.29, 1.82) is 0 Å². The molecule has 1 rings (SSSR count). The molecule has 0 aromatic carbocycles. The first-order chi connectivity index (χ1) is 11.9. The first-order valence-electron chi connectivity index (χ1n) is 8.73. The molecule has 0 aliphatic heterocycles. The number of aromatic amines is 1. The Labute approximate surface area is 148 Å². The van der Waals surface area contributed by atoms with E-state index in [9.17, 15) is 9.59 Å². The molecule has 0 saturated heterocycles. The second-order valence-electron chi connectivity index (χ2n) is 6.20. The van der Waals surface area contributed by atoms with Crippen molar-refractivity contribution in [2.75, 3.05) is 0 Å². The van der Waals surface area contributed by atoms with Gasteiger partial charge in [0.05, 0.1) is 12.5 Å². The van der Waals surface area contributed by atoms with Gasteiger partial charge in [0.1, 0.15) is 6.10 Å². The van der Waals surface area contributed by atoms with Gasteiger partial charge >= 0.3 is 11.9 Å². The summed E-state index contributed by atoms with van der Waals surface area (Å²) in [6.45, 7) is 9.34. The lowest BCUT2D eigenvalue weighted by Gasteiger charge is -2.15. The lowest BCUT2D eigenvalue weighted by Crippen LogP contribution is -2.21. The minimum atomic E-state index is -0.618. The Bertz CT molecular complexity index is 545. The second kappa shape index (κ2) is 11.3. The molecule has 0 saturated carbocycles. The number of nitrogens with zero attached hydrogens (tertiary/aromatic N) is 3. The van der Waals surface area contributed by atoms with Gasteiger partial charge in [-0.3, -0.25) is 4.79 Å². The lowest BCUT2D eigenvalue weighted by molar-refractivity contribution is -0.151. The SMILES string of the molecule is C=C(CC(=O)O[C@@H](C)CCCCCC)C(=O)OC(C)Cc1nnn[nH]1. The van der Waals surface area contributed by atoms with Gasteiger partial charge in [0.25, 0.3) is 0 Å². The summed E-state index contributed by atoms with van der Waals surface area (Å²) in [4.78, 5) is 23.8. The number of aromatic nitrogens is 4. The van der Waals surface area contributed by atoms with Crippen molar-refractivity contribution in [2.24, 2.45) is 0 Å². The third-order valence-corrected chi connectivity index (χ3v) is 3.62. The zero-order valence-electron chi connectivity index (χ0n) is 15.3. The van der Waals surface area contributed by atoms with Crippen LogP contribution < -0.4 is 0 Å². The van der Waals surface area contributed by atoms with Crippen LogP contribution in [0.1, 0.15) is 65.1 Å². The number of carbonyl (C=O) groups is 2.